The van der Waals surface area contributed by atoms with Crippen LogP contribution in [0.15, 0.2) is 18.2 Å². The first-order valence-corrected chi connectivity index (χ1v) is 9.70. The minimum atomic E-state index is 0.284. The summed E-state index contributed by atoms with van der Waals surface area (Å²) in [4.78, 5) is 14.6. The second-order valence-electron chi connectivity index (χ2n) is 6.09. The SMILES string of the molecule is COc1nc(NCC[NH+]2CCOCC2)nc(Nc2ccc(I)cc2C)n1. The molecule has 2 aromatic rings. The maximum atomic E-state index is 5.38. The lowest BCUT2D eigenvalue weighted by Gasteiger charge is -2.23. The van der Waals surface area contributed by atoms with Crippen molar-refractivity contribution in [3.63, 3.8) is 0 Å². The van der Waals surface area contributed by atoms with E-state index in [1.165, 1.54) is 8.47 Å². The van der Waals surface area contributed by atoms with Crippen LogP contribution < -0.4 is 20.3 Å². The first-order chi connectivity index (χ1) is 12.6. The molecule has 3 N–H and O–H groups in total. The summed E-state index contributed by atoms with van der Waals surface area (Å²) in [5.41, 5.74) is 2.09. The zero-order chi connectivity index (χ0) is 18.4. The normalized spacial score (nSPS) is 14.9. The highest BCUT2D eigenvalue weighted by molar-refractivity contribution is 14.1. The Labute approximate surface area is 166 Å². The van der Waals surface area contributed by atoms with E-state index in [1.54, 1.807) is 7.11 Å². The molecule has 0 amide bonds. The second-order valence-corrected chi connectivity index (χ2v) is 7.34. The molecule has 1 aromatic carbocycles. The summed E-state index contributed by atoms with van der Waals surface area (Å²) in [6.45, 7) is 7.58. The molecule has 0 bridgehead atoms. The number of anilines is 3. The zero-order valence-corrected chi connectivity index (χ0v) is 17.2. The summed E-state index contributed by atoms with van der Waals surface area (Å²) in [6, 6.07) is 6.44. The van der Waals surface area contributed by atoms with E-state index in [4.69, 9.17) is 9.47 Å². The van der Waals surface area contributed by atoms with Crippen molar-refractivity contribution in [1.82, 2.24) is 15.0 Å². The number of morpholine rings is 1. The molecule has 1 fully saturated rings. The topological polar surface area (TPSA) is 85.6 Å². The van der Waals surface area contributed by atoms with Gasteiger partial charge in [0.1, 0.15) is 13.1 Å². The number of nitrogens with one attached hydrogen (secondary N) is 3. The van der Waals surface area contributed by atoms with Crippen molar-refractivity contribution < 1.29 is 14.4 Å². The summed E-state index contributed by atoms with van der Waals surface area (Å²) in [6.07, 6.45) is 0. The smallest absolute Gasteiger partial charge is 0.322 e. The lowest BCUT2D eigenvalue weighted by molar-refractivity contribution is -0.906. The van der Waals surface area contributed by atoms with Crippen molar-refractivity contribution in [3.05, 3.63) is 27.3 Å². The van der Waals surface area contributed by atoms with Crippen LogP contribution in [0, 0.1) is 10.5 Å². The fraction of sp³-hybridized carbons (Fsp3) is 0.471. The molecule has 0 unspecified atom stereocenters. The molecule has 1 aliphatic heterocycles. The Hall–Kier alpha value is -1.72. The van der Waals surface area contributed by atoms with Gasteiger partial charge in [-0.3, -0.25) is 0 Å². The van der Waals surface area contributed by atoms with Crippen molar-refractivity contribution in [2.75, 3.05) is 57.1 Å². The van der Waals surface area contributed by atoms with Crippen LogP contribution in [-0.4, -0.2) is 61.5 Å². The largest absolute Gasteiger partial charge is 0.467 e. The van der Waals surface area contributed by atoms with Crippen LogP contribution in [-0.2, 0) is 4.74 Å². The number of rotatable bonds is 7. The highest BCUT2D eigenvalue weighted by atomic mass is 127. The average molecular weight is 471 g/mol. The van der Waals surface area contributed by atoms with E-state index in [9.17, 15) is 0 Å². The van der Waals surface area contributed by atoms with E-state index >= 15 is 0 Å². The molecule has 1 aromatic heterocycles. The number of hydrogen-bond acceptors (Lipinski definition) is 7. The minimum Gasteiger partial charge on any atom is -0.467 e. The molecule has 1 saturated heterocycles. The Bertz CT molecular complexity index is 739. The maximum Gasteiger partial charge on any atom is 0.322 e. The van der Waals surface area contributed by atoms with Gasteiger partial charge in [-0.05, 0) is 53.3 Å². The van der Waals surface area contributed by atoms with Crippen molar-refractivity contribution >= 4 is 40.2 Å². The molecule has 1 aliphatic rings. The predicted octanol–water partition coefficient (Wildman–Crippen LogP) is 0.864. The Morgan fingerprint density at radius 2 is 1.96 bits per heavy atom. The van der Waals surface area contributed by atoms with Gasteiger partial charge in [-0.15, -0.1) is 0 Å². The van der Waals surface area contributed by atoms with Crippen LogP contribution in [0.2, 0.25) is 0 Å². The molecule has 0 aliphatic carbocycles. The average Bonchev–Trinajstić information content (AvgIpc) is 2.65. The molecular formula is C17H24IN6O2+. The van der Waals surface area contributed by atoms with E-state index in [2.05, 4.69) is 54.2 Å². The number of aromatic nitrogens is 3. The third-order valence-electron chi connectivity index (χ3n) is 4.19. The van der Waals surface area contributed by atoms with E-state index in [0.717, 1.165) is 50.6 Å². The zero-order valence-electron chi connectivity index (χ0n) is 15.0. The number of quaternary nitrogens is 1. The van der Waals surface area contributed by atoms with Crippen molar-refractivity contribution in [1.29, 1.82) is 0 Å². The first-order valence-electron chi connectivity index (χ1n) is 8.62. The monoisotopic (exact) mass is 471 g/mol. The van der Waals surface area contributed by atoms with E-state index in [-0.39, 0.29) is 6.01 Å². The first kappa shape index (κ1) is 19.1. The number of benzene rings is 1. The maximum absolute atomic E-state index is 5.38. The van der Waals surface area contributed by atoms with Gasteiger partial charge in [0.2, 0.25) is 11.9 Å². The van der Waals surface area contributed by atoms with Crippen LogP contribution in [0.25, 0.3) is 0 Å². The summed E-state index contributed by atoms with van der Waals surface area (Å²) in [5.74, 6) is 0.970. The molecule has 140 valence electrons. The highest BCUT2D eigenvalue weighted by Gasteiger charge is 2.14. The van der Waals surface area contributed by atoms with Gasteiger partial charge < -0.3 is 25.0 Å². The third-order valence-corrected chi connectivity index (χ3v) is 4.86. The van der Waals surface area contributed by atoms with Crippen LogP contribution >= 0.6 is 22.6 Å². The lowest BCUT2D eigenvalue weighted by Crippen LogP contribution is -3.14. The molecule has 0 saturated carbocycles. The Morgan fingerprint density at radius 1 is 1.19 bits per heavy atom. The third kappa shape index (κ3) is 5.39. The second kappa shape index (κ2) is 9.28. The number of halogens is 1. The van der Waals surface area contributed by atoms with Crippen molar-refractivity contribution in [2.45, 2.75) is 6.92 Å². The van der Waals surface area contributed by atoms with E-state index < -0.39 is 0 Å². The lowest BCUT2D eigenvalue weighted by atomic mass is 10.2. The fourth-order valence-electron chi connectivity index (χ4n) is 2.73. The van der Waals surface area contributed by atoms with Crippen LogP contribution in [0.5, 0.6) is 6.01 Å². The molecule has 3 rings (SSSR count). The van der Waals surface area contributed by atoms with Gasteiger partial charge in [0, 0.05) is 9.26 Å². The van der Waals surface area contributed by atoms with Gasteiger partial charge in [0.05, 0.1) is 33.4 Å². The van der Waals surface area contributed by atoms with E-state index in [1.807, 2.05) is 19.1 Å². The van der Waals surface area contributed by atoms with Gasteiger partial charge >= 0.3 is 6.01 Å². The molecule has 26 heavy (non-hydrogen) atoms. The summed E-state index contributed by atoms with van der Waals surface area (Å²) in [7, 11) is 1.55. The number of ether oxygens (including phenoxy) is 2. The number of hydrogen-bond donors (Lipinski definition) is 3. The van der Waals surface area contributed by atoms with Gasteiger partial charge in [0.15, 0.2) is 0 Å². The van der Waals surface area contributed by atoms with Crippen molar-refractivity contribution in [3.8, 4) is 6.01 Å². The Kier molecular flexibility index (Phi) is 6.80. The molecule has 0 spiro atoms. The quantitative estimate of drug-likeness (QED) is 0.517. The summed E-state index contributed by atoms with van der Waals surface area (Å²) in [5, 5.41) is 6.52. The van der Waals surface area contributed by atoms with E-state index in [0.29, 0.717) is 11.9 Å². The van der Waals surface area contributed by atoms with Crippen LogP contribution in [0.1, 0.15) is 5.56 Å². The van der Waals surface area contributed by atoms with Gasteiger partial charge in [0.25, 0.3) is 0 Å². The standard InChI is InChI=1S/C17H23IN6O2/c1-12-11-13(18)3-4-14(12)20-16-21-15(22-17(23-16)25-2)19-5-6-24-7-9-26-10-8-24/h3-4,11H,5-10H2,1-2H3,(H2,19,20,21,22,23)/p+1. The highest BCUT2D eigenvalue weighted by Crippen LogP contribution is 2.21. The number of aryl methyl sites for hydroxylation is 1. The van der Waals surface area contributed by atoms with Gasteiger partial charge in [-0.2, -0.15) is 15.0 Å². The number of methoxy groups -OCH3 is 1. The molecule has 8 nitrogen and oxygen atoms in total. The molecule has 9 heteroatoms. The van der Waals surface area contributed by atoms with Gasteiger partial charge in [-0.1, -0.05) is 0 Å². The van der Waals surface area contributed by atoms with Crippen molar-refractivity contribution in [2.24, 2.45) is 0 Å². The summed E-state index contributed by atoms with van der Waals surface area (Å²) >= 11 is 2.29. The minimum absolute atomic E-state index is 0.284. The Morgan fingerprint density at radius 3 is 2.69 bits per heavy atom. The van der Waals surface area contributed by atoms with Crippen LogP contribution in [0.4, 0.5) is 17.6 Å². The fourth-order valence-corrected chi connectivity index (χ4v) is 3.38. The predicted molar refractivity (Wildman–Crippen MR) is 108 cm³/mol. The van der Waals surface area contributed by atoms with Gasteiger partial charge in [-0.25, -0.2) is 0 Å². The molecular weight excluding hydrogens is 447 g/mol. The molecule has 0 atom stereocenters. The molecule has 0 radical (unpaired) electrons. The van der Waals surface area contributed by atoms with Crippen LogP contribution in [0.3, 0.4) is 0 Å². The Balaban J connectivity index is 1.65. The number of nitrogens with zero attached hydrogens (tertiary/aromatic N) is 3. The molecule has 2 heterocycles. The summed E-state index contributed by atoms with van der Waals surface area (Å²) < 4.78 is 11.8.